The lowest BCUT2D eigenvalue weighted by atomic mass is 9.73. The van der Waals surface area contributed by atoms with Gasteiger partial charge in [-0.3, -0.25) is 19.2 Å². The number of piperidine rings is 2. The number of aliphatic carboxylic acids is 1. The van der Waals surface area contributed by atoms with E-state index in [1.165, 1.54) is 66.3 Å². The first-order valence-corrected chi connectivity index (χ1v) is 23.1. The zero-order chi connectivity index (χ0) is 47.6. The minimum atomic E-state index is -4.49. The Balaban J connectivity index is 0.000000218. The summed E-state index contributed by atoms with van der Waals surface area (Å²) in [6.07, 6.45) is 0.569. The lowest BCUT2D eigenvalue weighted by molar-refractivity contribution is -0.138. The van der Waals surface area contributed by atoms with Crippen LogP contribution in [0.25, 0.3) is 12.2 Å². The quantitative estimate of drug-likeness (QED) is 0.118. The van der Waals surface area contributed by atoms with Gasteiger partial charge in [-0.2, -0.15) is 26.3 Å². The maximum absolute atomic E-state index is 13.2. The number of benzene rings is 4. The van der Waals surface area contributed by atoms with Crippen molar-refractivity contribution in [1.82, 2.24) is 16.0 Å². The molecule has 9 nitrogen and oxygen atoms in total. The van der Waals surface area contributed by atoms with Crippen LogP contribution in [0.4, 0.5) is 26.3 Å². The summed E-state index contributed by atoms with van der Waals surface area (Å²) in [6.45, 7) is 1.91. The number of amides is 3. The molecular formula is C50H50Br2F6N4O5. The van der Waals surface area contributed by atoms with E-state index in [2.05, 4.69) is 31.9 Å². The van der Waals surface area contributed by atoms with E-state index in [9.17, 15) is 50.6 Å². The molecule has 8 rings (SSSR count). The van der Waals surface area contributed by atoms with Crippen LogP contribution in [0.15, 0.2) is 106 Å². The number of halogens is 8. The fourth-order valence-electron chi connectivity index (χ4n) is 10.6. The van der Waals surface area contributed by atoms with Crippen molar-refractivity contribution in [1.29, 1.82) is 0 Å². The van der Waals surface area contributed by atoms with Crippen LogP contribution in [0.2, 0.25) is 0 Å². The van der Waals surface area contributed by atoms with Crippen LogP contribution in [0.5, 0.6) is 0 Å². The Bertz CT molecular complexity index is 2390. The van der Waals surface area contributed by atoms with E-state index < -0.39 is 29.4 Å². The number of hydrogen-bond acceptors (Lipinski definition) is 5. The van der Waals surface area contributed by atoms with E-state index in [0.29, 0.717) is 45.4 Å². The molecule has 2 atom stereocenters. The number of nitrogens with two attached hydrogens (primary N) is 1. The second kappa shape index (κ2) is 20.5. The average Bonchev–Trinajstić information content (AvgIpc) is 3.73. The Morgan fingerprint density at radius 2 is 0.985 bits per heavy atom. The van der Waals surface area contributed by atoms with Crippen molar-refractivity contribution in [3.63, 3.8) is 0 Å². The molecule has 2 fully saturated rings. The van der Waals surface area contributed by atoms with Gasteiger partial charge < -0.3 is 26.8 Å². The molecule has 2 spiro atoms. The average molecular weight is 1060 g/mol. The van der Waals surface area contributed by atoms with Crippen molar-refractivity contribution < 1.29 is 50.6 Å². The molecule has 3 amide bonds. The summed E-state index contributed by atoms with van der Waals surface area (Å²) < 4.78 is 81.1. The van der Waals surface area contributed by atoms with Crippen molar-refractivity contribution in [2.45, 2.75) is 86.4 Å². The minimum absolute atomic E-state index is 0. The highest BCUT2D eigenvalue weighted by atomic mass is 79.9. The summed E-state index contributed by atoms with van der Waals surface area (Å²) in [6, 6.07) is 22.2. The number of primary amides is 1. The molecule has 0 saturated carbocycles. The first-order valence-electron chi connectivity index (χ1n) is 21.6. The second-order valence-electron chi connectivity index (χ2n) is 17.5. The molecule has 67 heavy (non-hydrogen) atoms. The molecule has 6 N–H and O–H groups in total. The van der Waals surface area contributed by atoms with Crippen molar-refractivity contribution >= 4 is 67.7 Å². The normalized spacial score (nSPS) is 19.5. The van der Waals surface area contributed by atoms with Crippen LogP contribution in [0, 0.1) is 0 Å². The fourth-order valence-corrected chi connectivity index (χ4v) is 12.2. The van der Waals surface area contributed by atoms with Crippen LogP contribution in [0.3, 0.4) is 0 Å². The zero-order valence-corrected chi connectivity index (χ0v) is 39.5. The smallest absolute Gasteiger partial charge is 0.416 e. The lowest BCUT2D eigenvalue weighted by Gasteiger charge is -2.40. The van der Waals surface area contributed by atoms with Gasteiger partial charge in [0.15, 0.2) is 0 Å². The van der Waals surface area contributed by atoms with E-state index in [-0.39, 0.29) is 70.5 Å². The van der Waals surface area contributed by atoms with Crippen LogP contribution >= 0.6 is 31.9 Å². The molecule has 2 aliphatic carbocycles. The molecule has 0 aromatic heterocycles. The molecular weight excluding hydrogens is 1010 g/mol. The highest BCUT2D eigenvalue weighted by Gasteiger charge is 2.49. The first-order chi connectivity index (χ1) is 31.2. The fraction of sp³-hybridized carbons (Fsp3) is 0.360. The Hall–Kier alpha value is -5.26. The Kier molecular flexibility index (Phi) is 15.7. The SMILES string of the molecule is N.NC(=O)CC1CC2(CCN(C(=O)/C=C/c3ccccc3C(F)(F)F)CC2)c2c(Br)cccc21.O=C(O)CC1CC2(CCN(C(=O)/C=C/c3ccccc3C(F)(F)F)CC2)c2c(Br)cccc21. The van der Waals surface area contributed by atoms with E-state index in [1.807, 2.05) is 36.4 Å². The van der Waals surface area contributed by atoms with Gasteiger partial charge in [0, 0.05) is 64.5 Å². The number of carboxylic acid groups (broad SMARTS) is 1. The molecule has 2 heterocycles. The zero-order valence-electron chi connectivity index (χ0n) is 36.3. The van der Waals surface area contributed by atoms with Gasteiger partial charge in [0.05, 0.1) is 17.5 Å². The largest absolute Gasteiger partial charge is 0.481 e. The molecule has 4 aromatic rings. The van der Waals surface area contributed by atoms with E-state index in [4.69, 9.17) is 5.73 Å². The molecule has 17 heteroatoms. The molecule has 0 radical (unpaired) electrons. The van der Waals surface area contributed by atoms with Crippen LogP contribution in [-0.2, 0) is 42.4 Å². The van der Waals surface area contributed by atoms with Gasteiger partial charge in [0.2, 0.25) is 17.7 Å². The number of carboxylic acids is 1. The van der Waals surface area contributed by atoms with Crippen LogP contribution < -0.4 is 11.9 Å². The Morgan fingerprint density at radius 1 is 0.612 bits per heavy atom. The molecule has 0 bridgehead atoms. The maximum atomic E-state index is 13.2. The standard InChI is InChI=1S/C25H24BrF3N2O2.C25H23BrF3NO3.H3N/c26-20-7-3-5-18-17(14-21(30)32)15-24(23(18)20)10-12-31(13-11-24)22(33)9-8-16-4-1-2-6-19(16)25(27,28)29;26-20-7-3-5-18-17(14-22(32)33)15-24(23(18)20)10-12-30(13-11-24)21(31)9-8-16-4-1-2-6-19(16)25(27,28)29;/h1-9,17H,10-15H2,(H2,30,32);1-9,17H,10-15H2,(H,32,33);1H3/b2*9-8+;. The van der Waals surface area contributed by atoms with Gasteiger partial charge in [-0.1, -0.05) is 92.5 Å². The summed E-state index contributed by atoms with van der Waals surface area (Å²) in [7, 11) is 0. The topological polar surface area (TPSA) is 156 Å². The number of nitrogens with zero attached hydrogens (tertiary/aromatic N) is 2. The van der Waals surface area contributed by atoms with Crippen molar-refractivity contribution in [2.75, 3.05) is 26.2 Å². The summed E-state index contributed by atoms with van der Waals surface area (Å²) in [5, 5.41) is 9.35. The van der Waals surface area contributed by atoms with Gasteiger partial charge in [0.1, 0.15) is 0 Å². The molecule has 356 valence electrons. The highest BCUT2D eigenvalue weighted by Crippen LogP contribution is 2.56. The summed E-state index contributed by atoms with van der Waals surface area (Å²) in [5.74, 6) is -1.82. The van der Waals surface area contributed by atoms with E-state index in [1.54, 1.807) is 9.80 Å². The summed E-state index contributed by atoms with van der Waals surface area (Å²) >= 11 is 7.31. The van der Waals surface area contributed by atoms with Gasteiger partial charge in [-0.25, -0.2) is 0 Å². The molecule has 2 aliphatic heterocycles. The minimum Gasteiger partial charge on any atom is -0.481 e. The molecule has 2 saturated heterocycles. The van der Waals surface area contributed by atoms with Crippen molar-refractivity contribution in [3.05, 3.63) is 151 Å². The van der Waals surface area contributed by atoms with Crippen LogP contribution in [-0.4, -0.2) is 64.8 Å². The Labute approximate surface area is 401 Å². The maximum Gasteiger partial charge on any atom is 0.416 e. The number of likely N-dealkylation sites (tertiary alicyclic amines) is 2. The van der Waals surface area contributed by atoms with Gasteiger partial charge in [-0.15, -0.1) is 0 Å². The molecule has 2 unspecified atom stereocenters. The van der Waals surface area contributed by atoms with Gasteiger partial charge in [-0.05, 0) is 120 Å². The van der Waals surface area contributed by atoms with Gasteiger partial charge >= 0.3 is 18.3 Å². The Morgan fingerprint density at radius 3 is 1.34 bits per heavy atom. The van der Waals surface area contributed by atoms with Crippen molar-refractivity contribution in [3.8, 4) is 0 Å². The number of carbonyl (C=O) groups excluding carboxylic acids is 3. The monoisotopic (exact) mass is 1060 g/mol. The van der Waals surface area contributed by atoms with Crippen molar-refractivity contribution in [2.24, 2.45) is 5.73 Å². The second-order valence-corrected chi connectivity index (χ2v) is 19.2. The number of carbonyl (C=O) groups is 4. The number of fused-ring (bicyclic) bond motifs is 4. The summed E-state index contributed by atoms with van der Waals surface area (Å²) in [5.41, 5.74) is 8.02. The van der Waals surface area contributed by atoms with Gasteiger partial charge in [0.25, 0.3) is 0 Å². The lowest BCUT2D eigenvalue weighted by Crippen LogP contribution is -2.44. The van der Waals surface area contributed by atoms with E-state index in [0.717, 1.165) is 57.0 Å². The predicted molar refractivity (Wildman–Crippen MR) is 250 cm³/mol. The highest BCUT2D eigenvalue weighted by molar-refractivity contribution is 9.10. The third-order valence-electron chi connectivity index (χ3n) is 13.6. The third kappa shape index (κ3) is 11.2. The number of alkyl halides is 6. The molecule has 4 aromatic carbocycles. The molecule has 4 aliphatic rings. The first kappa shape index (κ1) is 51.1. The predicted octanol–water partition coefficient (Wildman–Crippen LogP) is 11.6. The number of rotatable bonds is 8. The van der Waals surface area contributed by atoms with Crippen LogP contribution in [0.1, 0.15) is 108 Å². The summed E-state index contributed by atoms with van der Waals surface area (Å²) in [4.78, 5) is 51.8. The van der Waals surface area contributed by atoms with E-state index >= 15 is 0 Å². The number of hydrogen-bond donors (Lipinski definition) is 3. The third-order valence-corrected chi connectivity index (χ3v) is 14.9.